The standard InChI is InChI=1S/C23H28N2O4S/c1-22(2,3)17-9-14(10-18(21(17)27)23(4,5)6)16-11-15(7-8-19(16)25(28)29)24-13-30-12-20(24)26/h7-11,27H,12-13H2,1-6H3. The van der Waals surface area contributed by atoms with Crippen LogP contribution in [0.15, 0.2) is 30.3 Å². The average molecular weight is 429 g/mol. The molecule has 1 heterocycles. The minimum absolute atomic E-state index is 0.00345. The van der Waals surface area contributed by atoms with Gasteiger partial charge in [0.15, 0.2) is 0 Å². The zero-order valence-corrected chi connectivity index (χ0v) is 19.1. The first-order chi connectivity index (χ1) is 13.8. The van der Waals surface area contributed by atoms with E-state index in [2.05, 4.69) is 0 Å². The first-order valence-corrected chi connectivity index (χ1v) is 11.0. The van der Waals surface area contributed by atoms with Crippen molar-refractivity contribution in [1.29, 1.82) is 0 Å². The van der Waals surface area contributed by atoms with Crippen molar-refractivity contribution in [3.63, 3.8) is 0 Å². The Morgan fingerprint density at radius 2 is 1.60 bits per heavy atom. The third-order valence-electron chi connectivity index (χ3n) is 5.27. The van der Waals surface area contributed by atoms with Gasteiger partial charge >= 0.3 is 0 Å². The predicted octanol–water partition coefficient (Wildman–Crippen LogP) is 5.60. The van der Waals surface area contributed by atoms with Crippen molar-refractivity contribution in [1.82, 2.24) is 0 Å². The minimum atomic E-state index is -0.403. The lowest BCUT2D eigenvalue weighted by molar-refractivity contribution is -0.384. The highest BCUT2D eigenvalue weighted by atomic mass is 32.2. The molecular formula is C23H28N2O4S. The van der Waals surface area contributed by atoms with Gasteiger partial charge in [-0.05, 0) is 40.7 Å². The number of carbonyl (C=O) groups is 1. The van der Waals surface area contributed by atoms with Crippen LogP contribution < -0.4 is 4.90 Å². The largest absolute Gasteiger partial charge is 0.507 e. The maximum absolute atomic E-state index is 12.2. The molecule has 0 bridgehead atoms. The number of thioether (sulfide) groups is 1. The Bertz CT molecular complexity index is 984. The van der Waals surface area contributed by atoms with Crippen molar-refractivity contribution in [2.45, 2.75) is 52.4 Å². The molecule has 1 N–H and O–H groups in total. The molecule has 1 aliphatic rings. The number of carbonyl (C=O) groups excluding carboxylic acids is 1. The van der Waals surface area contributed by atoms with Gasteiger partial charge in [-0.3, -0.25) is 14.9 Å². The molecule has 1 aliphatic heterocycles. The molecule has 2 aromatic carbocycles. The molecule has 2 aromatic rings. The number of anilines is 1. The van der Waals surface area contributed by atoms with Crippen LogP contribution in [0.1, 0.15) is 52.7 Å². The Morgan fingerprint density at radius 1 is 1.03 bits per heavy atom. The molecule has 30 heavy (non-hydrogen) atoms. The van der Waals surface area contributed by atoms with Crippen LogP contribution >= 0.6 is 11.8 Å². The molecule has 0 aromatic heterocycles. The van der Waals surface area contributed by atoms with Gasteiger partial charge in [0.2, 0.25) is 5.91 Å². The van der Waals surface area contributed by atoms with E-state index in [-0.39, 0.29) is 28.2 Å². The summed E-state index contributed by atoms with van der Waals surface area (Å²) in [5.41, 5.74) is 2.49. The van der Waals surface area contributed by atoms with Gasteiger partial charge < -0.3 is 10.0 Å². The van der Waals surface area contributed by atoms with Crippen molar-refractivity contribution in [2.24, 2.45) is 0 Å². The number of rotatable bonds is 3. The molecular weight excluding hydrogens is 400 g/mol. The van der Waals surface area contributed by atoms with E-state index in [1.807, 2.05) is 53.7 Å². The zero-order chi connectivity index (χ0) is 22.4. The number of hydrogen-bond donors (Lipinski definition) is 1. The summed E-state index contributed by atoms with van der Waals surface area (Å²) < 4.78 is 0. The lowest BCUT2D eigenvalue weighted by atomic mass is 9.77. The Kier molecular flexibility index (Phi) is 5.62. The number of hydrogen-bond acceptors (Lipinski definition) is 5. The summed E-state index contributed by atoms with van der Waals surface area (Å²) in [4.78, 5) is 25.2. The average Bonchev–Trinajstić information content (AvgIpc) is 3.05. The van der Waals surface area contributed by atoms with Crippen LogP contribution in [0.25, 0.3) is 11.1 Å². The van der Waals surface area contributed by atoms with Crippen molar-refractivity contribution < 1.29 is 14.8 Å². The normalized spacial score (nSPS) is 15.0. The molecule has 1 fully saturated rings. The fourth-order valence-electron chi connectivity index (χ4n) is 3.61. The monoisotopic (exact) mass is 428 g/mol. The van der Waals surface area contributed by atoms with Crippen LogP contribution in [0.3, 0.4) is 0 Å². The summed E-state index contributed by atoms with van der Waals surface area (Å²) in [6, 6.07) is 8.46. The van der Waals surface area contributed by atoms with E-state index in [4.69, 9.17) is 0 Å². The third kappa shape index (κ3) is 4.17. The summed E-state index contributed by atoms with van der Waals surface area (Å²) in [6.07, 6.45) is 0. The summed E-state index contributed by atoms with van der Waals surface area (Å²) in [7, 11) is 0. The lowest BCUT2D eigenvalue weighted by Crippen LogP contribution is -2.24. The van der Waals surface area contributed by atoms with Gasteiger partial charge in [-0.25, -0.2) is 0 Å². The van der Waals surface area contributed by atoms with Gasteiger partial charge in [-0.2, -0.15) is 0 Å². The number of aromatic hydroxyl groups is 1. The Labute approximate surface area is 181 Å². The number of nitro groups is 1. The Morgan fingerprint density at radius 3 is 2.03 bits per heavy atom. The first kappa shape index (κ1) is 22.2. The number of nitro benzene ring substituents is 1. The minimum Gasteiger partial charge on any atom is -0.507 e. The first-order valence-electron chi connectivity index (χ1n) is 9.85. The van der Waals surface area contributed by atoms with Crippen LogP contribution in [0.4, 0.5) is 11.4 Å². The quantitative estimate of drug-likeness (QED) is 0.508. The zero-order valence-electron chi connectivity index (χ0n) is 18.3. The fraction of sp³-hybridized carbons (Fsp3) is 0.435. The summed E-state index contributed by atoms with van der Waals surface area (Å²) in [5.74, 6) is 1.17. The summed E-state index contributed by atoms with van der Waals surface area (Å²) in [6.45, 7) is 12.0. The molecule has 0 radical (unpaired) electrons. The second kappa shape index (κ2) is 7.61. The van der Waals surface area contributed by atoms with Crippen LogP contribution in [0.5, 0.6) is 5.75 Å². The number of amides is 1. The van der Waals surface area contributed by atoms with E-state index in [0.717, 1.165) is 11.1 Å². The van der Waals surface area contributed by atoms with Gasteiger partial charge in [-0.15, -0.1) is 11.8 Å². The highest BCUT2D eigenvalue weighted by molar-refractivity contribution is 8.00. The molecule has 0 atom stereocenters. The molecule has 6 nitrogen and oxygen atoms in total. The smallest absolute Gasteiger partial charge is 0.277 e. The Balaban J connectivity index is 2.30. The van der Waals surface area contributed by atoms with Crippen molar-refractivity contribution >= 4 is 29.0 Å². The van der Waals surface area contributed by atoms with Crippen molar-refractivity contribution in [2.75, 3.05) is 16.5 Å². The van der Waals surface area contributed by atoms with E-state index in [9.17, 15) is 20.0 Å². The molecule has 0 aliphatic carbocycles. The van der Waals surface area contributed by atoms with Gasteiger partial charge in [-0.1, -0.05) is 41.5 Å². The lowest BCUT2D eigenvalue weighted by Gasteiger charge is -2.28. The molecule has 1 amide bonds. The number of phenols is 1. The fourth-order valence-corrected chi connectivity index (χ4v) is 4.51. The van der Waals surface area contributed by atoms with Crippen LogP contribution in [-0.2, 0) is 15.6 Å². The highest BCUT2D eigenvalue weighted by Gasteiger charge is 2.29. The third-order valence-corrected chi connectivity index (χ3v) is 6.16. The van der Waals surface area contributed by atoms with E-state index >= 15 is 0 Å². The van der Waals surface area contributed by atoms with E-state index < -0.39 is 4.92 Å². The van der Waals surface area contributed by atoms with Crippen LogP contribution in [0.2, 0.25) is 0 Å². The summed E-state index contributed by atoms with van der Waals surface area (Å²) in [5, 5.41) is 22.8. The molecule has 160 valence electrons. The number of benzene rings is 2. The maximum Gasteiger partial charge on any atom is 0.277 e. The molecule has 0 unspecified atom stereocenters. The predicted molar refractivity (Wildman–Crippen MR) is 122 cm³/mol. The van der Waals surface area contributed by atoms with Gasteiger partial charge in [0.1, 0.15) is 5.75 Å². The molecule has 0 saturated carbocycles. The molecule has 7 heteroatoms. The van der Waals surface area contributed by atoms with Gasteiger partial charge in [0, 0.05) is 22.9 Å². The highest BCUT2D eigenvalue weighted by Crippen LogP contribution is 2.44. The van der Waals surface area contributed by atoms with Crippen molar-refractivity contribution in [3.05, 3.63) is 51.6 Å². The van der Waals surface area contributed by atoms with E-state index in [1.165, 1.54) is 17.8 Å². The van der Waals surface area contributed by atoms with Crippen molar-refractivity contribution in [3.8, 4) is 16.9 Å². The topological polar surface area (TPSA) is 83.7 Å². The van der Waals surface area contributed by atoms with E-state index in [1.54, 1.807) is 17.0 Å². The molecule has 3 rings (SSSR count). The summed E-state index contributed by atoms with van der Waals surface area (Å²) >= 11 is 1.52. The maximum atomic E-state index is 12.2. The number of nitrogens with zero attached hydrogens (tertiary/aromatic N) is 2. The molecule has 1 saturated heterocycles. The molecule has 0 spiro atoms. The van der Waals surface area contributed by atoms with Crippen LogP contribution in [0, 0.1) is 10.1 Å². The second-order valence-corrected chi connectivity index (χ2v) is 10.6. The van der Waals surface area contributed by atoms with Crippen LogP contribution in [-0.4, -0.2) is 27.6 Å². The van der Waals surface area contributed by atoms with Gasteiger partial charge in [0.25, 0.3) is 5.69 Å². The SMILES string of the molecule is CC(C)(C)c1cc(-c2cc(N3CSCC3=O)ccc2[N+](=O)[O-])cc(C(C)(C)C)c1O. The van der Waals surface area contributed by atoms with E-state index in [0.29, 0.717) is 28.4 Å². The second-order valence-electron chi connectivity index (χ2n) is 9.68. The number of phenolic OH excluding ortho intramolecular Hbond substituents is 1. The van der Waals surface area contributed by atoms with Gasteiger partial charge in [0.05, 0.1) is 22.1 Å². The Hall–Kier alpha value is -2.54.